The summed E-state index contributed by atoms with van der Waals surface area (Å²) >= 11 is 0. The van der Waals surface area contributed by atoms with Crippen molar-refractivity contribution in [3.63, 3.8) is 0 Å². The van der Waals surface area contributed by atoms with Crippen molar-refractivity contribution in [3.8, 4) is 0 Å². The van der Waals surface area contributed by atoms with E-state index in [-0.39, 0.29) is 17.7 Å². The van der Waals surface area contributed by atoms with Crippen LogP contribution in [0.5, 0.6) is 0 Å². The summed E-state index contributed by atoms with van der Waals surface area (Å²) in [6, 6.07) is 12.4. The van der Waals surface area contributed by atoms with Gasteiger partial charge in [0.15, 0.2) is 5.65 Å². The van der Waals surface area contributed by atoms with E-state index in [0.717, 1.165) is 17.0 Å². The van der Waals surface area contributed by atoms with Gasteiger partial charge in [0.2, 0.25) is 5.91 Å². The Kier molecular flexibility index (Phi) is 6.03. The first kappa shape index (κ1) is 19.5. The van der Waals surface area contributed by atoms with Crippen molar-refractivity contribution in [3.05, 3.63) is 65.6 Å². The minimum absolute atomic E-state index is 0.0392. The van der Waals surface area contributed by atoms with Crippen LogP contribution in [0.2, 0.25) is 0 Å². The Hall–Kier alpha value is -3.22. The van der Waals surface area contributed by atoms with E-state index in [0.29, 0.717) is 18.5 Å². The molecule has 0 radical (unpaired) electrons. The molecule has 0 fully saturated rings. The molecule has 28 heavy (non-hydrogen) atoms. The summed E-state index contributed by atoms with van der Waals surface area (Å²) < 4.78 is 1.89. The first-order valence-electron chi connectivity index (χ1n) is 9.39. The van der Waals surface area contributed by atoms with Gasteiger partial charge in [0.05, 0.1) is 0 Å². The van der Waals surface area contributed by atoms with Crippen molar-refractivity contribution in [2.24, 2.45) is 5.92 Å². The molecular formula is C21H25N5O2. The maximum atomic E-state index is 12.6. The highest BCUT2D eigenvalue weighted by atomic mass is 16.2. The molecule has 2 aromatic heterocycles. The predicted molar refractivity (Wildman–Crippen MR) is 107 cm³/mol. The van der Waals surface area contributed by atoms with Gasteiger partial charge in [-0.3, -0.25) is 14.0 Å². The number of pyridine rings is 1. The quantitative estimate of drug-likeness (QED) is 0.658. The van der Waals surface area contributed by atoms with E-state index >= 15 is 0 Å². The van der Waals surface area contributed by atoms with Crippen molar-refractivity contribution < 1.29 is 9.59 Å². The van der Waals surface area contributed by atoms with Gasteiger partial charge >= 0.3 is 0 Å². The molecule has 0 saturated carbocycles. The van der Waals surface area contributed by atoms with Crippen LogP contribution in [0.3, 0.4) is 0 Å². The molecule has 1 aromatic carbocycles. The summed E-state index contributed by atoms with van der Waals surface area (Å²) in [4.78, 5) is 25.2. The van der Waals surface area contributed by atoms with Crippen LogP contribution < -0.4 is 10.6 Å². The fourth-order valence-corrected chi connectivity index (χ4v) is 3.01. The smallest absolute Gasteiger partial charge is 0.251 e. The normalized spacial score (nSPS) is 12.1. The van der Waals surface area contributed by atoms with Gasteiger partial charge in [0.25, 0.3) is 5.91 Å². The molecule has 0 bridgehead atoms. The van der Waals surface area contributed by atoms with Gasteiger partial charge in [-0.05, 0) is 37.1 Å². The van der Waals surface area contributed by atoms with Crippen LogP contribution in [0.15, 0.2) is 48.7 Å². The number of carbonyl (C=O) groups excluding carboxylic acids is 2. The lowest BCUT2D eigenvalue weighted by Crippen LogP contribution is -2.50. The fraction of sp³-hybridized carbons (Fsp3) is 0.333. The van der Waals surface area contributed by atoms with E-state index in [9.17, 15) is 9.59 Å². The SMILES string of the molecule is Cc1cccc(C(=O)N[C@@H](C(=O)NCCc2nnc3ccccn23)C(C)C)c1. The molecule has 2 heterocycles. The molecule has 3 rings (SSSR count). The number of hydrogen-bond donors (Lipinski definition) is 2. The molecule has 146 valence electrons. The van der Waals surface area contributed by atoms with Crippen molar-refractivity contribution in [2.45, 2.75) is 33.2 Å². The molecule has 0 aliphatic heterocycles. The van der Waals surface area contributed by atoms with Crippen molar-refractivity contribution in [1.82, 2.24) is 25.2 Å². The molecule has 3 aromatic rings. The van der Waals surface area contributed by atoms with Gasteiger partial charge in [-0.25, -0.2) is 0 Å². The number of fused-ring (bicyclic) bond motifs is 1. The zero-order valence-corrected chi connectivity index (χ0v) is 16.3. The minimum atomic E-state index is -0.608. The third kappa shape index (κ3) is 4.54. The summed E-state index contributed by atoms with van der Waals surface area (Å²) in [5.74, 6) is 0.286. The summed E-state index contributed by atoms with van der Waals surface area (Å²) in [5.41, 5.74) is 2.32. The number of nitrogens with one attached hydrogen (secondary N) is 2. The highest BCUT2D eigenvalue weighted by Crippen LogP contribution is 2.08. The first-order valence-corrected chi connectivity index (χ1v) is 9.39. The Bertz CT molecular complexity index is 980. The first-order chi connectivity index (χ1) is 13.5. The fourth-order valence-electron chi connectivity index (χ4n) is 3.01. The van der Waals surface area contributed by atoms with Gasteiger partial charge in [0, 0.05) is 24.7 Å². The maximum Gasteiger partial charge on any atom is 0.251 e. The molecule has 0 aliphatic carbocycles. The standard InChI is InChI=1S/C21H25N5O2/c1-14(2)19(23-20(27)16-8-6-7-15(3)13-16)21(28)22-11-10-18-25-24-17-9-4-5-12-26(17)18/h4-9,12-14,19H,10-11H2,1-3H3,(H,22,28)(H,23,27)/t19-/m1/s1. The summed E-state index contributed by atoms with van der Waals surface area (Å²) in [6.07, 6.45) is 2.44. The Balaban J connectivity index is 1.59. The van der Waals surface area contributed by atoms with E-state index in [1.807, 2.05) is 61.7 Å². The Morgan fingerprint density at radius 1 is 1.11 bits per heavy atom. The van der Waals surface area contributed by atoms with Gasteiger partial charge in [-0.1, -0.05) is 37.6 Å². The molecule has 7 heteroatoms. The number of aryl methyl sites for hydroxylation is 1. The van der Waals surface area contributed by atoms with E-state index in [4.69, 9.17) is 0 Å². The third-order valence-corrected chi connectivity index (χ3v) is 4.55. The second kappa shape index (κ2) is 8.65. The lowest BCUT2D eigenvalue weighted by Gasteiger charge is -2.21. The van der Waals surface area contributed by atoms with E-state index in [1.54, 1.807) is 12.1 Å². The predicted octanol–water partition coefficient (Wildman–Crippen LogP) is 2.15. The summed E-state index contributed by atoms with van der Waals surface area (Å²) in [5, 5.41) is 14.0. The molecule has 2 N–H and O–H groups in total. The Labute approximate surface area is 164 Å². The van der Waals surface area contributed by atoms with Crippen molar-refractivity contribution in [2.75, 3.05) is 6.54 Å². The highest BCUT2D eigenvalue weighted by molar-refractivity contribution is 5.97. The van der Waals surface area contributed by atoms with Crippen LogP contribution in [0.25, 0.3) is 5.65 Å². The Morgan fingerprint density at radius 3 is 2.68 bits per heavy atom. The van der Waals surface area contributed by atoms with Crippen LogP contribution in [-0.4, -0.2) is 39.0 Å². The molecule has 0 spiro atoms. The molecule has 0 aliphatic rings. The molecule has 2 amide bonds. The van der Waals surface area contributed by atoms with E-state index in [1.165, 1.54) is 0 Å². The molecule has 1 atom stereocenters. The molecular weight excluding hydrogens is 354 g/mol. The largest absolute Gasteiger partial charge is 0.354 e. The summed E-state index contributed by atoms with van der Waals surface area (Å²) in [7, 11) is 0. The third-order valence-electron chi connectivity index (χ3n) is 4.55. The highest BCUT2D eigenvalue weighted by Gasteiger charge is 2.24. The Morgan fingerprint density at radius 2 is 1.93 bits per heavy atom. The lowest BCUT2D eigenvalue weighted by molar-refractivity contribution is -0.123. The van der Waals surface area contributed by atoms with Crippen LogP contribution in [0, 0.1) is 12.8 Å². The topological polar surface area (TPSA) is 88.4 Å². The van der Waals surface area contributed by atoms with Crippen LogP contribution in [-0.2, 0) is 11.2 Å². The van der Waals surface area contributed by atoms with Gasteiger partial charge in [-0.15, -0.1) is 10.2 Å². The van der Waals surface area contributed by atoms with Crippen LogP contribution in [0.1, 0.15) is 35.6 Å². The second-order valence-corrected chi connectivity index (χ2v) is 7.15. The zero-order chi connectivity index (χ0) is 20.1. The molecule has 7 nitrogen and oxygen atoms in total. The average Bonchev–Trinajstić information content (AvgIpc) is 3.09. The molecule has 0 unspecified atom stereocenters. The second-order valence-electron chi connectivity index (χ2n) is 7.15. The van der Waals surface area contributed by atoms with Crippen molar-refractivity contribution in [1.29, 1.82) is 0 Å². The van der Waals surface area contributed by atoms with Crippen LogP contribution in [0.4, 0.5) is 0 Å². The number of amides is 2. The minimum Gasteiger partial charge on any atom is -0.354 e. The van der Waals surface area contributed by atoms with Gasteiger partial charge in [0.1, 0.15) is 11.9 Å². The van der Waals surface area contributed by atoms with E-state index < -0.39 is 6.04 Å². The number of carbonyl (C=O) groups is 2. The average molecular weight is 379 g/mol. The number of aromatic nitrogens is 3. The van der Waals surface area contributed by atoms with Crippen LogP contribution >= 0.6 is 0 Å². The van der Waals surface area contributed by atoms with E-state index in [2.05, 4.69) is 20.8 Å². The number of benzene rings is 1. The summed E-state index contributed by atoms with van der Waals surface area (Å²) in [6.45, 7) is 6.16. The number of nitrogens with zero attached hydrogens (tertiary/aromatic N) is 3. The lowest BCUT2D eigenvalue weighted by atomic mass is 10.0. The van der Waals surface area contributed by atoms with Crippen molar-refractivity contribution >= 4 is 17.5 Å². The zero-order valence-electron chi connectivity index (χ0n) is 16.3. The maximum absolute atomic E-state index is 12.6. The van der Waals surface area contributed by atoms with Gasteiger partial charge in [-0.2, -0.15) is 0 Å². The molecule has 0 saturated heterocycles. The number of rotatable bonds is 7. The number of hydrogen-bond acceptors (Lipinski definition) is 4. The van der Waals surface area contributed by atoms with Gasteiger partial charge < -0.3 is 10.6 Å². The monoisotopic (exact) mass is 379 g/mol.